The molecule has 220 valence electrons. The van der Waals surface area contributed by atoms with Gasteiger partial charge in [0.1, 0.15) is 18.9 Å². The lowest BCUT2D eigenvalue weighted by Gasteiger charge is -2.62. The number of Topliss-reactive ketones (excluding diaryl/α,β-unsaturated/α-hetero) is 1. The minimum Gasteiger partial charge on any atom is -0.445 e. The Morgan fingerprint density at radius 2 is 1.62 bits per heavy atom. The van der Waals surface area contributed by atoms with Gasteiger partial charge in [0.15, 0.2) is 6.79 Å². The van der Waals surface area contributed by atoms with Gasteiger partial charge < -0.3 is 19.5 Å². The van der Waals surface area contributed by atoms with Gasteiger partial charge in [-0.1, -0.05) is 44.2 Å². The molecule has 1 N–H and O–H groups in total. The molecule has 1 amide bonds. The normalized spacial score (nSPS) is 38.4. The van der Waals surface area contributed by atoms with Crippen LogP contribution in [-0.2, 0) is 30.4 Å². The Hall–Kier alpha value is -2.41. The first-order valence-electron chi connectivity index (χ1n) is 15.3. The van der Waals surface area contributed by atoms with Crippen LogP contribution in [0.2, 0.25) is 0 Å². The van der Waals surface area contributed by atoms with Crippen LogP contribution in [0.5, 0.6) is 0 Å². The van der Waals surface area contributed by atoms with Crippen molar-refractivity contribution in [2.45, 2.75) is 97.7 Å². The zero-order chi connectivity index (χ0) is 28.5. The number of carbonyl (C=O) groups is 3. The molecular formula is C33H47NO6. The fourth-order valence-corrected chi connectivity index (χ4v) is 9.42. The highest BCUT2D eigenvalue weighted by atomic mass is 16.7. The first kappa shape index (κ1) is 29.1. The molecule has 1 aromatic rings. The van der Waals surface area contributed by atoms with Crippen LogP contribution in [0, 0.1) is 40.4 Å². The molecule has 0 spiro atoms. The van der Waals surface area contributed by atoms with E-state index in [-0.39, 0.29) is 36.9 Å². The number of rotatable bonds is 8. The maximum Gasteiger partial charge on any atom is 0.407 e. The van der Waals surface area contributed by atoms with E-state index in [2.05, 4.69) is 26.1 Å². The van der Waals surface area contributed by atoms with Gasteiger partial charge in [0.05, 0.1) is 5.60 Å². The van der Waals surface area contributed by atoms with Gasteiger partial charge in [0, 0.05) is 5.92 Å². The molecule has 0 heterocycles. The summed E-state index contributed by atoms with van der Waals surface area (Å²) in [5, 5.41) is 2.44. The number of esters is 1. The van der Waals surface area contributed by atoms with Crippen molar-refractivity contribution in [1.29, 1.82) is 0 Å². The Bertz CT molecular complexity index is 1090. The van der Waals surface area contributed by atoms with Crippen molar-refractivity contribution >= 4 is 17.8 Å². The molecule has 0 unspecified atom stereocenters. The molecule has 0 aliphatic heterocycles. The molecule has 4 fully saturated rings. The minimum absolute atomic E-state index is 0.113. The summed E-state index contributed by atoms with van der Waals surface area (Å²) in [5.74, 6) is 2.85. The van der Waals surface area contributed by atoms with Gasteiger partial charge in [0.2, 0.25) is 0 Å². The van der Waals surface area contributed by atoms with Gasteiger partial charge in [-0.3, -0.25) is 9.59 Å². The number of hydrogen-bond donors (Lipinski definition) is 1. The van der Waals surface area contributed by atoms with Gasteiger partial charge in [-0.05, 0) is 112 Å². The lowest BCUT2D eigenvalue weighted by molar-refractivity contribution is -0.197. The fourth-order valence-electron chi connectivity index (χ4n) is 9.42. The number of benzene rings is 1. The van der Waals surface area contributed by atoms with Crippen molar-refractivity contribution in [3.63, 3.8) is 0 Å². The van der Waals surface area contributed by atoms with E-state index in [1.54, 1.807) is 6.92 Å². The maximum atomic E-state index is 12.4. The molecular weight excluding hydrogens is 506 g/mol. The molecule has 4 saturated carbocycles. The minimum atomic E-state index is -0.659. The lowest BCUT2D eigenvalue weighted by atomic mass is 9.44. The average molecular weight is 554 g/mol. The largest absolute Gasteiger partial charge is 0.445 e. The highest BCUT2D eigenvalue weighted by molar-refractivity contribution is 5.79. The standard InChI is InChI=1S/C33H47NO6/c1-22(35)26-12-13-27-25-11-10-24-18-31(2,16-17-32(24,3)28(25)14-15-33(26,27)4)40-21-39-29(36)19-34-30(37)38-20-23-8-6-5-7-9-23/h5-9,24-28H,10-21H2,1-4H3,(H,34,37)/t24-,25+,26+,27-,28-,31+,32-,33+/m0/s1. The van der Waals surface area contributed by atoms with E-state index in [9.17, 15) is 14.4 Å². The number of nitrogens with one attached hydrogen (secondary N) is 1. The molecule has 7 nitrogen and oxygen atoms in total. The van der Waals surface area contributed by atoms with Crippen molar-refractivity contribution in [3.8, 4) is 0 Å². The average Bonchev–Trinajstić information content (AvgIpc) is 3.29. The highest BCUT2D eigenvalue weighted by Crippen LogP contribution is 2.68. The van der Waals surface area contributed by atoms with E-state index < -0.39 is 12.1 Å². The Kier molecular flexibility index (Phi) is 8.34. The summed E-state index contributed by atoms with van der Waals surface area (Å²) >= 11 is 0. The summed E-state index contributed by atoms with van der Waals surface area (Å²) in [6.45, 7) is 8.66. The molecule has 0 aromatic heterocycles. The van der Waals surface area contributed by atoms with Crippen LogP contribution in [0.25, 0.3) is 0 Å². The van der Waals surface area contributed by atoms with Crippen molar-refractivity contribution in [2.75, 3.05) is 13.3 Å². The molecule has 40 heavy (non-hydrogen) atoms. The van der Waals surface area contributed by atoms with Gasteiger partial charge in [-0.25, -0.2) is 4.79 Å². The van der Waals surface area contributed by atoms with Gasteiger partial charge in [-0.15, -0.1) is 0 Å². The Labute approximate surface area is 239 Å². The van der Waals surface area contributed by atoms with Crippen molar-refractivity contribution in [1.82, 2.24) is 5.32 Å². The van der Waals surface area contributed by atoms with Crippen LogP contribution in [-0.4, -0.2) is 36.8 Å². The third-order valence-corrected chi connectivity index (χ3v) is 11.6. The number of hydrogen-bond acceptors (Lipinski definition) is 6. The van der Waals surface area contributed by atoms with Crippen LogP contribution < -0.4 is 5.32 Å². The summed E-state index contributed by atoms with van der Waals surface area (Å²) in [7, 11) is 0. The maximum absolute atomic E-state index is 12.4. The van der Waals surface area contributed by atoms with Crippen molar-refractivity contribution < 1.29 is 28.6 Å². The molecule has 0 saturated heterocycles. The molecule has 5 rings (SSSR count). The Morgan fingerprint density at radius 1 is 0.875 bits per heavy atom. The van der Waals surface area contributed by atoms with Crippen LogP contribution in [0.3, 0.4) is 0 Å². The lowest BCUT2D eigenvalue weighted by Crippen LogP contribution is -2.56. The summed E-state index contributed by atoms with van der Waals surface area (Å²) < 4.78 is 16.6. The Morgan fingerprint density at radius 3 is 2.38 bits per heavy atom. The molecule has 4 aliphatic carbocycles. The third kappa shape index (κ3) is 5.68. The quantitative estimate of drug-likeness (QED) is 0.294. The fraction of sp³-hybridized carbons (Fsp3) is 0.727. The van der Waals surface area contributed by atoms with Gasteiger partial charge in [0.25, 0.3) is 0 Å². The van der Waals surface area contributed by atoms with Crippen LogP contribution in [0.4, 0.5) is 4.79 Å². The summed E-state index contributed by atoms with van der Waals surface area (Å²) in [6.07, 6.45) is 9.58. The second-order valence-corrected chi connectivity index (χ2v) is 13.8. The molecule has 0 bridgehead atoms. The van der Waals surface area contributed by atoms with Crippen LogP contribution in [0.1, 0.15) is 91.0 Å². The Balaban J connectivity index is 1.07. The van der Waals surface area contributed by atoms with Crippen molar-refractivity contribution in [2.24, 2.45) is 40.4 Å². The molecule has 7 heteroatoms. The second-order valence-electron chi connectivity index (χ2n) is 13.8. The first-order valence-corrected chi connectivity index (χ1v) is 15.3. The summed E-state index contributed by atoms with van der Waals surface area (Å²) in [6, 6.07) is 9.37. The van der Waals surface area contributed by atoms with E-state index in [0.717, 1.165) is 43.1 Å². The van der Waals surface area contributed by atoms with Gasteiger partial charge >= 0.3 is 12.1 Å². The smallest absolute Gasteiger partial charge is 0.407 e. The van der Waals surface area contributed by atoms with E-state index in [1.807, 2.05) is 30.3 Å². The second kappa shape index (κ2) is 11.5. The molecule has 0 radical (unpaired) electrons. The van der Waals surface area contributed by atoms with Gasteiger partial charge in [-0.2, -0.15) is 0 Å². The SMILES string of the molecule is CC(=O)[C@H]1CC[C@H]2[C@H]3CC[C@H]4C[C@](C)(OCOC(=O)CNC(=O)OCc5ccccc5)CC[C@]4(C)[C@H]3CC[C@]12C. The number of amides is 1. The highest BCUT2D eigenvalue weighted by Gasteiger charge is 2.61. The van der Waals surface area contributed by atoms with Crippen molar-refractivity contribution in [3.05, 3.63) is 35.9 Å². The molecule has 8 atom stereocenters. The van der Waals surface area contributed by atoms with E-state index >= 15 is 0 Å². The number of ether oxygens (including phenoxy) is 3. The predicted molar refractivity (Wildman–Crippen MR) is 151 cm³/mol. The van der Waals surface area contributed by atoms with E-state index in [0.29, 0.717) is 23.0 Å². The molecule has 1 aromatic carbocycles. The number of carbonyl (C=O) groups excluding carboxylic acids is 3. The zero-order valence-electron chi connectivity index (χ0n) is 24.7. The first-order chi connectivity index (χ1) is 19.0. The number of ketones is 1. The zero-order valence-corrected chi connectivity index (χ0v) is 24.7. The molecule has 4 aliphatic rings. The number of fused-ring (bicyclic) bond motifs is 5. The monoisotopic (exact) mass is 553 g/mol. The van der Waals surface area contributed by atoms with E-state index in [1.165, 1.54) is 32.1 Å². The predicted octanol–water partition coefficient (Wildman–Crippen LogP) is 6.44. The van der Waals surface area contributed by atoms with E-state index in [4.69, 9.17) is 14.2 Å². The number of alkyl carbamates (subject to hydrolysis) is 1. The summed E-state index contributed by atoms with van der Waals surface area (Å²) in [4.78, 5) is 36.5. The topological polar surface area (TPSA) is 90.9 Å². The van der Waals surface area contributed by atoms with Crippen LogP contribution >= 0.6 is 0 Å². The third-order valence-electron chi connectivity index (χ3n) is 11.6. The van der Waals surface area contributed by atoms with Crippen LogP contribution in [0.15, 0.2) is 30.3 Å². The summed E-state index contributed by atoms with van der Waals surface area (Å²) in [5.41, 5.74) is 1.05.